The average molecular weight is 442 g/mol. The zero-order chi connectivity index (χ0) is 20.9. The number of Topliss-reactive ketones (excluding diaryl/α,β-unsaturated/α-hetero) is 1. The largest absolute Gasteiger partial charge is 0.336 e. The van der Waals surface area contributed by atoms with Gasteiger partial charge in [-0.3, -0.25) is 19.3 Å². The number of carbonyl (C=O) groups is 3. The molecule has 0 saturated carbocycles. The van der Waals surface area contributed by atoms with Crippen molar-refractivity contribution in [3.8, 4) is 0 Å². The van der Waals surface area contributed by atoms with Crippen molar-refractivity contribution in [2.75, 3.05) is 38.0 Å². The van der Waals surface area contributed by atoms with E-state index in [2.05, 4.69) is 10.2 Å². The summed E-state index contributed by atoms with van der Waals surface area (Å²) in [7, 11) is 0. The highest BCUT2D eigenvalue weighted by atomic mass is 35.5. The van der Waals surface area contributed by atoms with E-state index in [1.807, 2.05) is 47.4 Å². The molecule has 0 aromatic heterocycles. The monoisotopic (exact) mass is 441 g/mol. The third-order valence-corrected chi connectivity index (χ3v) is 5.88. The van der Waals surface area contributed by atoms with Crippen LogP contribution in [0.4, 0.5) is 5.69 Å². The fourth-order valence-corrected chi connectivity index (χ4v) is 4.11. The first kappa shape index (κ1) is 23.0. The summed E-state index contributed by atoms with van der Waals surface area (Å²) in [6.45, 7) is 3.91. The van der Waals surface area contributed by atoms with Crippen LogP contribution in [0, 0.1) is 0 Å². The lowest BCUT2D eigenvalue weighted by atomic mass is 10.00. The minimum absolute atomic E-state index is 0. The summed E-state index contributed by atoms with van der Waals surface area (Å²) in [4.78, 5) is 40.8. The molecular formula is C24H28ClN3O3. The standard InChI is InChI=1S/C24H27N3O3.ClH/c28-22(18-5-2-1-3-6-18)7-4-12-26-13-15-27(16-14-26)24(30)20-8-10-21-19(17-20)9-11-23(29)25-21;/h1-3,5-6,8,10,17H,4,7,9,11-16H2,(H,25,29);1H. The van der Waals surface area contributed by atoms with Crippen molar-refractivity contribution in [1.29, 1.82) is 0 Å². The molecule has 0 atom stereocenters. The number of rotatable bonds is 6. The van der Waals surface area contributed by atoms with Crippen molar-refractivity contribution in [2.45, 2.75) is 25.7 Å². The molecule has 1 fully saturated rings. The van der Waals surface area contributed by atoms with Crippen LogP contribution in [0.1, 0.15) is 45.5 Å². The molecule has 0 spiro atoms. The van der Waals surface area contributed by atoms with E-state index in [4.69, 9.17) is 0 Å². The summed E-state index contributed by atoms with van der Waals surface area (Å²) < 4.78 is 0. The van der Waals surface area contributed by atoms with E-state index >= 15 is 0 Å². The fourth-order valence-electron chi connectivity index (χ4n) is 4.11. The Kier molecular flexibility index (Phi) is 7.82. The third-order valence-electron chi connectivity index (χ3n) is 5.88. The highest BCUT2D eigenvalue weighted by Crippen LogP contribution is 2.24. The number of nitrogens with one attached hydrogen (secondary N) is 1. The van der Waals surface area contributed by atoms with Crippen LogP contribution in [-0.4, -0.2) is 60.1 Å². The van der Waals surface area contributed by atoms with Crippen molar-refractivity contribution in [3.63, 3.8) is 0 Å². The van der Waals surface area contributed by atoms with Gasteiger partial charge in [0, 0.05) is 55.8 Å². The molecule has 6 nitrogen and oxygen atoms in total. The predicted octanol–water partition coefficient (Wildman–Crippen LogP) is 3.41. The normalized spacial score (nSPS) is 16.1. The second kappa shape index (κ2) is 10.6. The van der Waals surface area contributed by atoms with Crippen molar-refractivity contribution < 1.29 is 14.4 Å². The Morgan fingerprint density at radius 1 is 0.903 bits per heavy atom. The van der Waals surface area contributed by atoms with Gasteiger partial charge in [0.1, 0.15) is 0 Å². The van der Waals surface area contributed by atoms with E-state index in [9.17, 15) is 14.4 Å². The maximum absolute atomic E-state index is 12.9. The van der Waals surface area contributed by atoms with Gasteiger partial charge in [0.05, 0.1) is 0 Å². The minimum Gasteiger partial charge on any atom is -0.336 e. The highest BCUT2D eigenvalue weighted by Gasteiger charge is 2.23. The van der Waals surface area contributed by atoms with E-state index in [1.54, 1.807) is 6.07 Å². The van der Waals surface area contributed by atoms with Crippen molar-refractivity contribution >= 4 is 35.7 Å². The molecule has 0 unspecified atom stereocenters. The summed E-state index contributed by atoms with van der Waals surface area (Å²) in [6.07, 6.45) is 2.53. The number of halogens is 1. The smallest absolute Gasteiger partial charge is 0.253 e. The molecule has 7 heteroatoms. The Morgan fingerprint density at radius 2 is 1.65 bits per heavy atom. The van der Waals surface area contributed by atoms with Crippen LogP contribution < -0.4 is 5.32 Å². The number of hydrogen-bond donors (Lipinski definition) is 1. The highest BCUT2D eigenvalue weighted by molar-refractivity contribution is 5.98. The number of ketones is 1. The number of nitrogens with zero attached hydrogens (tertiary/aromatic N) is 2. The topological polar surface area (TPSA) is 69.7 Å². The lowest BCUT2D eigenvalue weighted by Gasteiger charge is -2.35. The Hall–Kier alpha value is -2.70. The zero-order valence-electron chi connectivity index (χ0n) is 17.5. The molecule has 2 heterocycles. The van der Waals surface area contributed by atoms with Gasteiger partial charge in [0.25, 0.3) is 5.91 Å². The average Bonchev–Trinajstić information content (AvgIpc) is 2.79. The van der Waals surface area contributed by atoms with Gasteiger partial charge in [0.15, 0.2) is 5.78 Å². The molecule has 2 aliphatic rings. The van der Waals surface area contributed by atoms with Gasteiger partial charge in [-0.05, 0) is 43.1 Å². The van der Waals surface area contributed by atoms with Crippen LogP contribution in [0.25, 0.3) is 0 Å². The quantitative estimate of drug-likeness (QED) is 0.697. The molecule has 31 heavy (non-hydrogen) atoms. The van der Waals surface area contributed by atoms with Gasteiger partial charge in [0.2, 0.25) is 5.91 Å². The van der Waals surface area contributed by atoms with Crippen LogP contribution in [0.3, 0.4) is 0 Å². The number of anilines is 1. The number of benzene rings is 2. The van der Waals surface area contributed by atoms with Crippen molar-refractivity contribution in [1.82, 2.24) is 9.80 Å². The minimum atomic E-state index is 0. The van der Waals surface area contributed by atoms with Crippen LogP contribution in [-0.2, 0) is 11.2 Å². The predicted molar refractivity (Wildman–Crippen MR) is 123 cm³/mol. The molecule has 2 aromatic rings. The van der Waals surface area contributed by atoms with Crippen LogP contribution in [0.5, 0.6) is 0 Å². The van der Waals surface area contributed by atoms with E-state index in [1.165, 1.54) is 0 Å². The Bertz CT molecular complexity index is 940. The number of piperazine rings is 1. The molecule has 0 bridgehead atoms. The van der Waals surface area contributed by atoms with Gasteiger partial charge < -0.3 is 10.2 Å². The number of hydrogen-bond acceptors (Lipinski definition) is 4. The first-order valence-corrected chi connectivity index (χ1v) is 10.6. The molecule has 0 radical (unpaired) electrons. The van der Waals surface area contributed by atoms with E-state index in [0.717, 1.165) is 42.9 Å². The Labute approximate surface area is 189 Å². The molecule has 0 aliphatic carbocycles. The second-order valence-electron chi connectivity index (χ2n) is 7.95. The molecule has 2 aromatic carbocycles. The molecule has 2 amide bonds. The zero-order valence-corrected chi connectivity index (χ0v) is 18.3. The van der Waals surface area contributed by atoms with Gasteiger partial charge >= 0.3 is 0 Å². The SMILES string of the molecule is Cl.O=C1CCc2cc(C(=O)N3CCN(CCCC(=O)c4ccccc4)CC3)ccc2N1. The van der Waals surface area contributed by atoms with Crippen molar-refractivity contribution in [3.05, 3.63) is 65.2 Å². The summed E-state index contributed by atoms with van der Waals surface area (Å²) in [6, 6.07) is 15.0. The van der Waals surface area contributed by atoms with Crippen LogP contribution >= 0.6 is 12.4 Å². The van der Waals surface area contributed by atoms with Gasteiger partial charge in [-0.1, -0.05) is 30.3 Å². The summed E-state index contributed by atoms with van der Waals surface area (Å²) >= 11 is 0. The van der Waals surface area contributed by atoms with E-state index in [0.29, 0.717) is 37.9 Å². The number of amides is 2. The summed E-state index contributed by atoms with van der Waals surface area (Å²) in [5, 5.41) is 2.85. The van der Waals surface area contributed by atoms with E-state index in [-0.39, 0.29) is 30.0 Å². The van der Waals surface area contributed by atoms with Crippen LogP contribution in [0.15, 0.2) is 48.5 Å². The Morgan fingerprint density at radius 3 is 2.39 bits per heavy atom. The summed E-state index contributed by atoms with van der Waals surface area (Å²) in [5.74, 6) is 0.268. The second-order valence-corrected chi connectivity index (χ2v) is 7.95. The summed E-state index contributed by atoms with van der Waals surface area (Å²) in [5.41, 5.74) is 3.31. The molecule has 164 valence electrons. The maximum atomic E-state index is 12.9. The molecule has 4 rings (SSSR count). The van der Waals surface area contributed by atoms with E-state index < -0.39 is 0 Å². The number of aryl methyl sites for hydroxylation is 1. The van der Waals surface area contributed by atoms with Crippen molar-refractivity contribution in [2.24, 2.45) is 0 Å². The molecule has 1 saturated heterocycles. The maximum Gasteiger partial charge on any atom is 0.253 e. The molecule has 1 N–H and O–H groups in total. The molecule has 2 aliphatic heterocycles. The first-order chi connectivity index (χ1) is 14.6. The fraction of sp³-hybridized carbons (Fsp3) is 0.375. The van der Waals surface area contributed by atoms with Gasteiger partial charge in [-0.2, -0.15) is 0 Å². The van der Waals surface area contributed by atoms with Gasteiger partial charge in [-0.25, -0.2) is 0 Å². The number of fused-ring (bicyclic) bond motifs is 1. The first-order valence-electron chi connectivity index (χ1n) is 10.6. The third kappa shape index (κ3) is 5.71. The lowest BCUT2D eigenvalue weighted by molar-refractivity contribution is -0.116. The van der Waals surface area contributed by atoms with Crippen LogP contribution in [0.2, 0.25) is 0 Å². The number of carbonyl (C=O) groups excluding carboxylic acids is 3. The van der Waals surface area contributed by atoms with Gasteiger partial charge in [-0.15, -0.1) is 12.4 Å². The molecular weight excluding hydrogens is 414 g/mol. The lowest BCUT2D eigenvalue weighted by Crippen LogP contribution is -2.48. The Balaban J connectivity index is 0.00000272.